The lowest BCUT2D eigenvalue weighted by Gasteiger charge is -2.21. The smallest absolute Gasteiger partial charge is 0.287 e. The summed E-state index contributed by atoms with van der Waals surface area (Å²) in [4.78, 5) is 25.1. The number of quaternary nitrogens is 1. The highest BCUT2D eigenvalue weighted by molar-refractivity contribution is 5.94. The Labute approximate surface area is 135 Å². The molecule has 23 heavy (non-hydrogen) atoms. The molecule has 0 spiro atoms. The van der Waals surface area contributed by atoms with Crippen LogP contribution in [0, 0.1) is 0 Å². The molecule has 0 unspecified atom stereocenters. The van der Waals surface area contributed by atoms with E-state index in [1.54, 1.807) is 12.1 Å². The van der Waals surface area contributed by atoms with Crippen molar-refractivity contribution in [1.82, 2.24) is 10.6 Å². The molecule has 2 aromatic rings. The van der Waals surface area contributed by atoms with Crippen LogP contribution in [0.25, 0.3) is 0 Å². The van der Waals surface area contributed by atoms with E-state index in [2.05, 4.69) is 10.6 Å². The largest absolute Gasteiger partial charge is 0.459 e. The van der Waals surface area contributed by atoms with Crippen LogP contribution >= 0.6 is 0 Å². The minimum Gasteiger partial charge on any atom is -0.459 e. The van der Waals surface area contributed by atoms with E-state index in [1.807, 2.05) is 44.4 Å². The van der Waals surface area contributed by atoms with Crippen LogP contribution < -0.4 is 15.5 Å². The zero-order chi connectivity index (χ0) is 16.7. The highest BCUT2D eigenvalue weighted by atomic mass is 16.3. The van der Waals surface area contributed by atoms with E-state index in [0.717, 1.165) is 12.1 Å². The van der Waals surface area contributed by atoms with Crippen LogP contribution in [0.15, 0.2) is 53.1 Å². The average Bonchev–Trinajstić information content (AvgIpc) is 3.07. The van der Waals surface area contributed by atoms with Gasteiger partial charge < -0.3 is 20.0 Å². The van der Waals surface area contributed by atoms with E-state index in [4.69, 9.17) is 4.42 Å². The van der Waals surface area contributed by atoms with Crippen molar-refractivity contribution in [2.75, 3.05) is 27.2 Å². The van der Waals surface area contributed by atoms with Crippen molar-refractivity contribution in [3.63, 3.8) is 0 Å². The normalized spacial score (nSPS) is 12.0. The number of carbonyl (C=O) groups excluding carboxylic acids is 2. The predicted molar refractivity (Wildman–Crippen MR) is 86.0 cm³/mol. The summed E-state index contributed by atoms with van der Waals surface area (Å²) >= 11 is 0. The van der Waals surface area contributed by atoms with Gasteiger partial charge in [0.15, 0.2) is 5.76 Å². The third-order valence-electron chi connectivity index (χ3n) is 3.30. The summed E-state index contributed by atoms with van der Waals surface area (Å²) in [5.74, 6) is -0.449. The molecule has 122 valence electrons. The molecule has 1 heterocycles. The van der Waals surface area contributed by atoms with Gasteiger partial charge in [0.25, 0.3) is 5.91 Å². The number of rotatable bonds is 7. The number of furan rings is 1. The van der Waals surface area contributed by atoms with Crippen molar-refractivity contribution in [2.24, 2.45) is 0 Å². The summed E-state index contributed by atoms with van der Waals surface area (Å²) in [5, 5.41) is 5.50. The molecule has 6 heteroatoms. The lowest BCUT2D eigenvalue weighted by molar-refractivity contribution is -0.860. The minimum atomic E-state index is -0.403. The van der Waals surface area contributed by atoms with E-state index >= 15 is 0 Å². The van der Waals surface area contributed by atoms with Gasteiger partial charge in [0.05, 0.1) is 26.9 Å². The summed E-state index contributed by atoms with van der Waals surface area (Å²) in [6, 6.07) is 12.9. The van der Waals surface area contributed by atoms with Gasteiger partial charge in [-0.05, 0) is 17.7 Å². The number of carbonyl (C=O) groups is 2. The first kappa shape index (κ1) is 16.8. The van der Waals surface area contributed by atoms with Gasteiger partial charge >= 0.3 is 0 Å². The fraction of sp³-hybridized carbons (Fsp3) is 0.294. The molecule has 0 saturated heterocycles. The summed E-state index contributed by atoms with van der Waals surface area (Å²) < 4.78 is 4.98. The number of hydrogen-bond donors (Lipinski definition) is 3. The van der Waals surface area contributed by atoms with Crippen molar-refractivity contribution in [3.8, 4) is 0 Å². The first-order chi connectivity index (χ1) is 11.1. The zero-order valence-corrected chi connectivity index (χ0v) is 13.3. The Hall–Kier alpha value is -2.60. The molecule has 0 aliphatic heterocycles. The lowest BCUT2D eigenvalue weighted by Crippen LogP contribution is -3.06. The monoisotopic (exact) mass is 316 g/mol. The molecule has 0 bridgehead atoms. The molecule has 3 N–H and O–H groups in total. The number of amides is 2. The molecule has 0 aliphatic rings. The Kier molecular flexibility index (Phi) is 5.94. The van der Waals surface area contributed by atoms with Crippen LogP contribution in [0.2, 0.25) is 0 Å². The highest BCUT2D eigenvalue weighted by Crippen LogP contribution is 2.10. The molecular formula is C17H22N3O3+. The third-order valence-corrected chi connectivity index (χ3v) is 3.30. The Balaban J connectivity index is 1.91. The molecular weight excluding hydrogens is 294 g/mol. The van der Waals surface area contributed by atoms with Gasteiger partial charge in [-0.1, -0.05) is 30.3 Å². The minimum absolute atomic E-state index is 0.0916. The van der Waals surface area contributed by atoms with E-state index < -0.39 is 5.91 Å². The number of benzene rings is 1. The molecule has 2 rings (SSSR count). The van der Waals surface area contributed by atoms with Crippen LogP contribution in [0.3, 0.4) is 0 Å². The molecule has 0 saturated carbocycles. The van der Waals surface area contributed by atoms with Gasteiger partial charge in [-0.2, -0.15) is 0 Å². The van der Waals surface area contributed by atoms with E-state index in [0.29, 0.717) is 0 Å². The van der Waals surface area contributed by atoms with E-state index in [-0.39, 0.29) is 24.3 Å². The molecule has 0 aliphatic carbocycles. The van der Waals surface area contributed by atoms with Crippen molar-refractivity contribution >= 4 is 11.8 Å². The van der Waals surface area contributed by atoms with Crippen molar-refractivity contribution in [1.29, 1.82) is 0 Å². The molecule has 0 fully saturated rings. The van der Waals surface area contributed by atoms with Gasteiger partial charge in [-0.15, -0.1) is 0 Å². The van der Waals surface area contributed by atoms with Gasteiger partial charge in [-0.3, -0.25) is 9.59 Å². The van der Waals surface area contributed by atoms with Crippen LogP contribution in [0.4, 0.5) is 0 Å². The second-order valence-electron chi connectivity index (χ2n) is 5.60. The van der Waals surface area contributed by atoms with Crippen molar-refractivity contribution in [3.05, 3.63) is 60.1 Å². The quantitative estimate of drug-likeness (QED) is 0.674. The summed E-state index contributed by atoms with van der Waals surface area (Å²) in [6.45, 7) is 0.660. The van der Waals surface area contributed by atoms with Crippen molar-refractivity contribution in [2.45, 2.75) is 6.04 Å². The Bertz CT molecular complexity index is 624. The fourth-order valence-electron chi connectivity index (χ4n) is 2.25. The summed E-state index contributed by atoms with van der Waals surface area (Å²) in [6.07, 6.45) is 1.42. The molecule has 0 radical (unpaired) electrons. The van der Waals surface area contributed by atoms with E-state index in [1.165, 1.54) is 11.2 Å². The molecule has 2 amide bonds. The van der Waals surface area contributed by atoms with Crippen LogP contribution in [0.5, 0.6) is 0 Å². The van der Waals surface area contributed by atoms with Crippen LogP contribution in [0.1, 0.15) is 22.2 Å². The summed E-state index contributed by atoms with van der Waals surface area (Å²) in [7, 11) is 4.06. The molecule has 1 aromatic heterocycles. The second kappa shape index (κ2) is 8.14. The average molecular weight is 316 g/mol. The Morgan fingerprint density at radius 1 is 1.13 bits per heavy atom. The van der Waals surface area contributed by atoms with Gasteiger partial charge in [0, 0.05) is 0 Å². The lowest BCUT2D eigenvalue weighted by atomic mass is 10.1. The van der Waals surface area contributed by atoms with E-state index in [9.17, 15) is 9.59 Å². The molecule has 6 nitrogen and oxygen atoms in total. The maximum atomic E-state index is 12.1. The third kappa shape index (κ3) is 5.27. The topological polar surface area (TPSA) is 75.8 Å². The predicted octanol–water partition coefficient (Wildman–Crippen LogP) is 0.0114. The number of hydrogen-bond acceptors (Lipinski definition) is 3. The van der Waals surface area contributed by atoms with Crippen molar-refractivity contribution < 1.29 is 18.9 Å². The zero-order valence-electron chi connectivity index (χ0n) is 13.3. The Morgan fingerprint density at radius 3 is 2.48 bits per heavy atom. The standard InChI is InChI=1S/C17H21N3O3/c1-20(2)12-14(13-7-4-3-5-8-13)19-16(21)11-18-17(22)15-9-6-10-23-15/h3-10,14H,11-12H2,1-2H3,(H,18,22)(H,19,21)/p+1/t14-/m1/s1. The highest BCUT2D eigenvalue weighted by Gasteiger charge is 2.18. The fourth-order valence-corrected chi connectivity index (χ4v) is 2.25. The molecule has 1 atom stereocenters. The summed E-state index contributed by atoms with van der Waals surface area (Å²) in [5.41, 5.74) is 1.04. The van der Waals surface area contributed by atoms with Crippen LogP contribution in [-0.4, -0.2) is 39.0 Å². The first-order valence-corrected chi connectivity index (χ1v) is 7.51. The SMILES string of the molecule is C[NH+](C)C[C@@H](NC(=O)CNC(=O)c1ccco1)c1ccccc1. The van der Waals surface area contributed by atoms with Crippen LogP contribution in [-0.2, 0) is 4.79 Å². The van der Waals surface area contributed by atoms with Gasteiger partial charge in [0.1, 0.15) is 12.6 Å². The maximum absolute atomic E-state index is 12.1. The molecule has 1 aromatic carbocycles. The first-order valence-electron chi connectivity index (χ1n) is 7.51. The number of likely N-dealkylation sites (N-methyl/N-ethyl adjacent to an activating group) is 1. The second-order valence-corrected chi connectivity index (χ2v) is 5.60. The van der Waals surface area contributed by atoms with Gasteiger partial charge in [0.2, 0.25) is 5.91 Å². The maximum Gasteiger partial charge on any atom is 0.287 e. The van der Waals surface area contributed by atoms with Gasteiger partial charge in [-0.25, -0.2) is 0 Å². The Morgan fingerprint density at radius 2 is 1.87 bits per heavy atom. The number of nitrogens with one attached hydrogen (secondary N) is 3.